The van der Waals surface area contributed by atoms with E-state index in [1.165, 1.54) is 31.5 Å². The summed E-state index contributed by atoms with van der Waals surface area (Å²) in [5, 5.41) is 9.36. The molecule has 1 aromatic heterocycles. The number of benzene rings is 1. The molecule has 0 saturated carbocycles. The summed E-state index contributed by atoms with van der Waals surface area (Å²) in [6, 6.07) is 11.0. The number of amides is 1. The van der Waals surface area contributed by atoms with E-state index in [-0.39, 0.29) is 5.88 Å². The summed E-state index contributed by atoms with van der Waals surface area (Å²) in [4.78, 5) is 17.1. The molecule has 2 fully saturated rings. The smallest absolute Gasteiger partial charge is 0.389 e. The first-order valence-corrected chi connectivity index (χ1v) is 9.70. The Balaban J connectivity index is 1.31. The van der Waals surface area contributed by atoms with E-state index in [1.54, 1.807) is 6.07 Å². The fourth-order valence-electron chi connectivity index (χ4n) is 4.18. The van der Waals surface area contributed by atoms with Gasteiger partial charge in [-0.2, -0.15) is 0 Å². The average Bonchev–Trinajstić information content (AvgIpc) is 3.37. The van der Waals surface area contributed by atoms with E-state index in [2.05, 4.69) is 44.4 Å². The zero-order valence-electron chi connectivity index (χ0n) is 15.9. The largest absolute Gasteiger partial charge is 0.418 e. The van der Waals surface area contributed by atoms with Gasteiger partial charge >= 0.3 is 6.09 Å². The molecule has 2 aliphatic heterocycles. The van der Waals surface area contributed by atoms with Crippen molar-refractivity contribution in [3.63, 3.8) is 0 Å². The van der Waals surface area contributed by atoms with Crippen LogP contribution in [0.4, 0.5) is 16.2 Å². The van der Waals surface area contributed by atoms with Crippen LogP contribution in [0.3, 0.4) is 0 Å². The van der Waals surface area contributed by atoms with E-state index in [0.29, 0.717) is 17.8 Å². The number of carbonyl (C=O) groups is 1. The Morgan fingerprint density at radius 2 is 2.07 bits per heavy atom. The zero-order chi connectivity index (χ0) is 18.8. The summed E-state index contributed by atoms with van der Waals surface area (Å²) in [5.74, 6) is 0.265. The Bertz CT molecular complexity index is 788. The van der Waals surface area contributed by atoms with Gasteiger partial charge in [0, 0.05) is 48.3 Å². The van der Waals surface area contributed by atoms with Crippen molar-refractivity contribution in [3.05, 3.63) is 36.0 Å². The molecule has 1 aromatic carbocycles. The van der Waals surface area contributed by atoms with Crippen molar-refractivity contribution >= 4 is 17.5 Å². The van der Waals surface area contributed by atoms with E-state index < -0.39 is 6.09 Å². The van der Waals surface area contributed by atoms with Gasteiger partial charge in [0.15, 0.2) is 0 Å². The minimum absolute atomic E-state index is 0.265. The second-order valence-electron chi connectivity index (χ2n) is 7.57. The van der Waals surface area contributed by atoms with E-state index in [9.17, 15) is 4.79 Å². The van der Waals surface area contributed by atoms with Crippen LogP contribution in [-0.2, 0) is 0 Å². The third-order valence-electron chi connectivity index (χ3n) is 5.60. The third-order valence-corrected chi connectivity index (χ3v) is 5.60. The summed E-state index contributed by atoms with van der Waals surface area (Å²) in [6.07, 6.45) is 3.33. The number of rotatable bonds is 4. The number of aromatic amines is 1. The van der Waals surface area contributed by atoms with E-state index >= 15 is 0 Å². The summed E-state index contributed by atoms with van der Waals surface area (Å²) in [5.41, 5.74) is 2.75. The lowest BCUT2D eigenvalue weighted by atomic mass is 10.2. The molecule has 144 valence electrons. The predicted molar refractivity (Wildman–Crippen MR) is 105 cm³/mol. The number of ether oxygens (including phenoxy) is 1. The Morgan fingerprint density at radius 3 is 2.74 bits per heavy atom. The number of anilines is 2. The lowest BCUT2D eigenvalue weighted by Gasteiger charge is -2.28. The lowest BCUT2D eigenvalue weighted by molar-refractivity contribution is 0.204. The topological polar surface area (TPSA) is 73.5 Å². The van der Waals surface area contributed by atoms with Crippen LogP contribution in [0, 0.1) is 6.92 Å². The van der Waals surface area contributed by atoms with Gasteiger partial charge in [0.05, 0.1) is 0 Å². The van der Waals surface area contributed by atoms with Gasteiger partial charge in [0.1, 0.15) is 0 Å². The zero-order valence-corrected chi connectivity index (χ0v) is 15.9. The van der Waals surface area contributed by atoms with Gasteiger partial charge < -0.3 is 9.64 Å². The maximum atomic E-state index is 11.9. The summed E-state index contributed by atoms with van der Waals surface area (Å²) < 4.78 is 5.14. The molecule has 0 bridgehead atoms. The SMILES string of the molecule is Cc1cc(OC(=O)Nc2ccc(N3CCC(N4CCCC4C)C3)cc2)n[nH]1. The molecule has 4 rings (SSSR count). The standard InChI is InChI=1S/C20H27N5O2/c1-14-12-19(23-22-14)27-20(26)21-16-5-7-17(8-6-16)24-11-9-18(13-24)25-10-3-4-15(25)2/h5-8,12,15,18H,3-4,9-11,13H2,1-2H3,(H,21,26)(H,22,23). The predicted octanol–water partition coefficient (Wildman–Crippen LogP) is 3.39. The molecular formula is C20H27N5O2. The average molecular weight is 369 g/mol. The van der Waals surface area contributed by atoms with E-state index in [1.807, 2.05) is 19.1 Å². The number of hydrogen-bond donors (Lipinski definition) is 2. The molecule has 0 spiro atoms. The highest BCUT2D eigenvalue weighted by molar-refractivity contribution is 5.86. The van der Waals surface area contributed by atoms with Crippen molar-refractivity contribution in [3.8, 4) is 5.88 Å². The van der Waals surface area contributed by atoms with Gasteiger partial charge in [-0.05, 0) is 63.9 Å². The van der Waals surface area contributed by atoms with Crippen molar-refractivity contribution in [2.75, 3.05) is 29.9 Å². The van der Waals surface area contributed by atoms with Crippen molar-refractivity contribution in [1.29, 1.82) is 0 Å². The molecule has 27 heavy (non-hydrogen) atoms. The van der Waals surface area contributed by atoms with Crippen LogP contribution in [0.2, 0.25) is 0 Å². The van der Waals surface area contributed by atoms with Gasteiger partial charge in [0.25, 0.3) is 0 Å². The molecule has 0 aliphatic carbocycles. The fourth-order valence-corrected chi connectivity index (χ4v) is 4.18. The molecular weight excluding hydrogens is 342 g/mol. The first-order valence-electron chi connectivity index (χ1n) is 9.70. The molecule has 2 aliphatic rings. The van der Waals surface area contributed by atoms with Crippen molar-refractivity contribution in [2.45, 2.75) is 45.2 Å². The van der Waals surface area contributed by atoms with Crippen LogP contribution in [0.25, 0.3) is 0 Å². The highest BCUT2D eigenvalue weighted by Gasteiger charge is 2.32. The monoisotopic (exact) mass is 369 g/mol. The number of aryl methyl sites for hydroxylation is 1. The summed E-state index contributed by atoms with van der Waals surface area (Å²) in [7, 11) is 0. The maximum absolute atomic E-state index is 11.9. The molecule has 2 saturated heterocycles. The summed E-state index contributed by atoms with van der Waals surface area (Å²) in [6.45, 7) is 7.60. The number of aromatic nitrogens is 2. The first-order chi connectivity index (χ1) is 13.1. The van der Waals surface area contributed by atoms with Crippen molar-refractivity contribution in [2.24, 2.45) is 0 Å². The molecule has 7 nitrogen and oxygen atoms in total. The first kappa shape index (κ1) is 17.9. The van der Waals surface area contributed by atoms with Crippen molar-refractivity contribution in [1.82, 2.24) is 15.1 Å². The number of H-pyrrole nitrogens is 1. The maximum Gasteiger partial charge on any atom is 0.418 e. The molecule has 0 radical (unpaired) electrons. The molecule has 1 amide bonds. The van der Waals surface area contributed by atoms with Crippen LogP contribution in [-0.4, -0.2) is 52.9 Å². The fraction of sp³-hybridized carbons (Fsp3) is 0.500. The Kier molecular flexibility index (Phi) is 5.03. The molecule has 2 aromatic rings. The van der Waals surface area contributed by atoms with Crippen LogP contribution in [0.5, 0.6) is 5.88 Å². The van der Waals surface area contributed by atoms with Gasteiger partial charge in [-0.15, -0.1) is 5.10 Å². The Labute approximate surface area is 159 Å². The van der Waals surface area contributed by atoms with Crippen LogP contribution in [0.1, 0.15) is 31.9 Å². The number of hydrogen-bond acceptors (Lipinski definition) is 5. The molecule has 2 N–H and O–H groups in total. The van der Waals surface area contributed by atoms with E-state index in [4.69, 9.17) is 4.74 Å². The van der Waals surface area contributed by atoms with Gasteiger partial charge in [-0.1, -0.05) is 0 Å². The number of nitrogens with zero attached hydrogens (tertiary/aromatic N) is 3. The van der Waals surface area contributed by atoms with Gasteiger partial charge in [-0.25, -0.2) is 4.79 Å². The minimum Gasteiger partial charge on any atom is -0.389 e. The van der Waals surface area contributed by atoms with E-state index in [0.717, 1.165) is 18.8 Å². The Hall–Kier alpha value is -2.54. The number of likely N-dealkylation sites (tertiary alicyclic amines) is 1. The minimum atomic E-state index is -0.543. The van der Waals surface area contributed by atoms with Crippen molar-refractivity contribution < 1.29 is 9.53 Å². The quantitative estimate of drug-likeness (QED) is 0.864. The Morgan fingerprint density at radius 1 is 1.26 bits per heavy atom. The highest BCUT2D eigenvalue weighted by Crippen LogP contribution is 2.28. The second-order valence-corrected chi connectivity index (χ2v) is 7.57. The molecule has 2 unspecified atom stereocenters. The number of carbonyl (C=O) groups excluding carboxylic acids is 1. The molecule has 7 heteroatoms. The molecule has 3 heterocycles. The third kappa shape index (κ3) is 4.08. The van der Waals surface area contributed by atoms with Crippen LogP contribution < -0.4 is 15.0 Å². The molecule has 2 atom stereocenters. The van der Waals surface area contributed by atoms with Gasteiger partial charge in [-0.3, -0.25) is 15.3 Å². The van der Waals surface area contributed by atoms with Crippen LogP contribution in [0.15, 0.2) is 30.3 Å². The van der Waals surface area contributed by atoms with Crippen LogP contribution >= 0.6 is 0 Å². The number of nitrogens with one attached hydrogen (secondary N) is 2. The second kappa shape index (κ2) is 7.60. The summed E-state index contributed by atoms with van der Waals surface area (Å²) >= 11 is 0. The lowest BCUT2D eigenvalue weighted by Crippen LogP contribution is -2.39. The normalized spacial score (nSPS) is 23.0. The highest BCUT2D eigenvalue weighted by atomic mass is 16.6. The van der Waals surface area contributed by atoms with Gasteiger partial charge in [0.2, 0.25) is 5.88 Å².